The molecule has 1 aliphatic rings. The van der Waals surface area contributed by atoms with Crippen molar-refractivity contribution in [3.8, 4) is 16.9 Å². The van der Waals surface area contributed by atoms with Crippen LogP contribution in [-0.2, 0) is 14.8 Å². The number of nitrogens with zero attached hydrogens (tertiary/aromatic N) is 1. The van der Waals surface area contributed by atoms with E-state index in [1.807, 2.05) is 0 Å². The highest BCUT2D eigenvalue weighted by Gasteiger charge is 2.52. The zero-order valence-corrected chi connectivity index (χ0v) is 22.9. The Kier molecular flexibility index (Phi) is 7.75. The molecule has 0 aromatic heterocycles. The Morgan fingerprint density at radius 3 is 2.44 bits per heavy atom. The van der Waals surface area contributed by atoms with E-state index in [-0.39, 0.29) is 34.3 Å². The number of carbonyl (C=O) groups is 1. The molecule has 0 amide bonds. The molecule has 1 heterocycles. The fraction of sp³-hybridized carbons (Fsp3) is 0.321. The Hall–Kier alpha value is -3.11. The molecule has 0 radical (unpaired) electrons. The van der Waals surface area contributed by atoms with Crippen LogP contribution in [-0.4, -0.2) is 33.0 Å². The van der Waals surface area contributed by atoms with E-state index in [1.165, 1.54) is 36.4 Å². The molecule has 0 bridgehead atoms. The maximum Gasteiger partial charge on any atom is 0.400 e. The maximum absolute atomic E-state index is 14.1. The number of sulfonamides is 1. The minimum Gasteiger partial charge on any atom is -0.486 e. The third-order valence-corrected chi connectivity index (χ3v) is 8.99. The van der Waals surface area contributed by atoms with Gasteiger partial charge in [-0.25, -0.2) is 12.8 Å². The minimum atomic E-state index is -4.72. The minimum absolute atomic E-state index is 0.0116. The quantitative estimate of drug-likeness (QED) is 0.273. The maximum atomic E-state index is 14.1. The van der Waals surface area contributed by atoms with E-state index >= 15 is 0 Å². The fourth-order valence-electron chi connectivity index (χ4n) is 4.25. The number of ketones is 1. The summed E-state index contributed by atoms with van der Waals surface area (Å²) in [7, 11) is -4.16. The summed E-state index contributed by atoms with van der Waals surface area (Å²) in [4.78, 5) is 12.5. The first-order valence-electron chi connectivity index (χ1n) is 12.1. The van der Waals surface area contributed by atoms with E-state index in [1.54, 1.807) is 31.2 Å². The number of benzene rings is 3. The van der Waals surface area contributed by atoms with Crippen molar-refractivity contribution < 1.29 is 35.5 Å². The molecule has 5 nitrogen and oxygen atoms in total. The molecule has 1 atom stereocenters. The molecule has 0 saturated carbocycles. The van der Waals surface area contributed by atoms with Crippen LogP contribution in [0.4, 0.5) is 23.2 Å². The molecule has 0 spiro atoms. The smallest absolute Gasteiger partial charge is 0.400 e. The largest absolute Gasteiger partial charge is 0.486 e. The number of aryl methyl sites for hydroxylation is 1. The summed E-state index contributed by atoms with van der Waals surface area (Å²) < 4.78 is 88.9. The number of halogens is 5. The van der Waals surface area contributed by atoms with E-state index < -0.39 is 45.7 Å². The second-order valence-corrected chi connectivity index (χ2v) is 12.2. The van der Waals surface area contributed by atoms with Crippen LogP contribution < -0.4 is 9.04 Å². The molecule has 0 saturated heterocycles. The molecule has 39 heavy (non-hydrogen) atoms. The number of Topliss-reactive ketones (excluding diaryl/α,β-unsaturated/α-hetero) is 1. The molecular formula is C28H26ClF4NO4S. The summed E-state index contributed by atoms with van der Waals surface area (Å²) in [5.74, 6) is -1.51. The van der Waals surface area contributed by atoms with E-state index in [2.05, 4.69) is 0 Å². The van der Waals surface area contributed by atoms with E-state index in [0.29, 0.717) is 16.7 Å². The first-order chi connectivity index (χ1) is 18.1. The van der Waals surface area contributed by atoms with Gasteiger partial charge in [-0.15, -0.1) is 0 Å². The van der Waals surface area contributed by atoms with Gasteiger partial charge in [0, 0.05) is 12.0 Å². The lowest BCUT2D eigenvalue weighted by Crippen LogP contribution is -2.45. The summed E-state index contributed by atoms with van der Waals surface area (Å²) in [6.07, 6.45) is -6.20. The summed E-state index contributed by atoms with van der Waals surface area (Å²) in [5, 5.41) is -0.133. The third kappa shape index (κ3) is 5.63. The van der Waals surface area contributed by atoms with Crippen molar-refractivity contribution in [2.45, 2.75) is 50.8 Å². The summed E-state index contributed by atoms with van der Waals surface area (Å²) in [6, 6.07) is 15.1. The van der Waals surface area contributed by atoms with Crippen molar-refractivity contribution >= 4 is 33.1 Å². The predicted octanol–water partition coefficient (Wildman–Crippen LogP) is 7.35. The van der Waals surface area contributed by atoms with Crippen molar-refractivity contribution in [2.24, 2.45) is 5.41 Å². The van der Waals surface area contributed by atoms with Crippen LogP contribution in [0.5, 0.6) is 5.75 Å². The Labute approximate surface area is 229 Å². The van der Waals surface area contributed by atoms with Crippen molar-refractivity contribution in [3.63, 3.8) is 0 Å². The van der Waals surface area contributed by atoms with Gasteiger partial charge in [-0.1, -0.05) is 41.9 Å². The standard InChI is InChI=1S/C28H26ClF4NO4S/c1-17-6-4-7-20(14-17)39(36,37)34-16-19(11-13-25(35)27(2,3)28(31,32)33)38-24-12-10-18(15-23(24)34)21-8-5-9-22(30)26(21)29/h4-10,12,14-15,19H,11,13,16H2,1-3H3/t19-/m0/s1. The molecule has 3 aromatic carbocycles. The number of rotatable bonds is 7. The molecule has 0 N–H and O–H groups in total. The van der Waals surface area contributed by atoms with Gasteiger partial charge in [0.15, 0.2) is 0 Å². The molecule has 3 aromatic rings. The SMILES string of the molecule is Cc1cccc(S(=O)(=O)N2C[C@H](CCC(=O)C(C)(C)C(F)(F)F)Oc3ccc(-c4cccc(F)c4Cl)cc32)c1. The highest BCUT2D eigenvalue weighted by molar-refractivity contribution is 7.92. The van der Waals surface area contributed by atoms with Crippen LogP contribution in [0.25, 0.3) is 11.1 Å². The molecule has 4 rings (SSSR count). The number of alkyl halides is 3. The average molecular weight is 584 g/mol. The molecule has 208 valence electrons. The average Bonchev–Trinajstić information content (AvgIpc) is 2.87. The van der Waals surface area contributed by atoms with E-state index in [0.717, 1.165) is 18.2 Å². The van der Waals surface area contributed by atoms with Crippen molar-refractivity contribution in [2.75, 3.05) is 10.8 Å². The Morgan fingerprint density at radius 1 is 1.08 bits per heavy atom. The summed E-state index contributed by atoms with van der Waals surface area (Å²) in [5.41, 5.74) is -0.901. The van der Waals surface area contributed by atoms with Crippen molar-refractivity contribution in [1.82, 2.24) is 0 Å². The lowest BCUT2D eigenvalue weighted by Gasteiger charge is -2.36. The zero-order valence-electron chi connectivity index (χ0n) is 21.4. The van der Waals surface area contributed by atoms with Crippen LogP contribution in [0.3, 0.4) is 0 Å². The van der Waals surface area contributed by atoms with Gasteiger partial charge >= 0.3 is 6.18 Å². The number of fused-ring (bicyclic) bond motifs is 1. The van der Waals surface area contributed by atoms with E-state index in [9.17, 15) is 30.8 Å². The molecule has 0 aliphatic carbocycles. The summed E-state index contributed by atoms with van der Waals surface area (Å²) >= 11 is 6.16. The van der Waals surface area contributed by atoms with Gasteiger partial charge < -0.3 is 4.74 Å². The Bertz CT molecular complexity index is 1520. The van der Waals surface area contributed by atoms with Crippen molar-refractivity contribution in [1.29, 1.82) is 0 Å². The lowest BCUT2D eigenvalue weighted by molar-refractivity contribution is -0.210. The van der Waals surface area contributed by atoms with Crippen molar-refractivity contribution in [3.05, 3.63) is 77.1 Å². The monoisotopic (exact) mass is 583 g/mol. The Morgan fingerprint density at radius 2 is 1.77 bits per heavy atom. The first-order valence-corrected chi connectivity index (χ1v) is 13.9. The van der Waals surface area contributed by atoms with Crippen LogP contribution in [0.15, 0.2) is 65.6 Å². The van der Waals surface area contributed by atoms with Crippen LogP contribution in [0, 0.1) is 18.2 Å². The fourth-order valence-corrected chi connectivity index (χ4v) is 6.09. The molecule has 0 unspecified atom stereocenters. The molecular weight excluding hydrogens is 558 g/mol. The summed E-state index contributed by atoms with van der Waals surface area (Å²) in [6.45, 7) is 3.14. The lowest BCUT2D eigenvalue weighted by atomic mass is 9.84. The van der Waals surface area contributed by atoms with Crippen LogP contribution in [0.1, 0.15) is 32.3 Å². The molecule has 0 fully saturated rings. The topological polar surface area (TPSA) is 63.7 Å². The number of carbonyl (C=O) groups excluding carboxylic acids is 1. The Balaban J connectivity index is 1.74. The highest BCUT2D eigenvalue weighted by Crippen LogP contribution is 2.43. The predicted molar refractivity (Wildman–Crippen MR) is 141 cm³/mol. The van der Waals surface area contributed by atoms with Gasteiger partial charge in [0.05, 0.1) is 22.2 Å². The normalized spacial score (nSPS) is 16.0. The number of ether oxygens (including phenoxy) is 1. The van der Waals surface area contributed by atoms with Gasteiger partial charge in [-0.05, 0) is 68.7 Å². The van der Waals surface area contributed by atoms with Gasteiger partial charge in [0.2, 0.25) is 0 Å². The zero-order chi connectivity index (χ0) is 28.8. The van der Waals surface area contributed by atoms with Gasteiger partial charge in [-0.2, -0.15) is 13.2 Å². The second-order valence-electron chi connectivity index (χ2n) is 9.96. The van der Waals surface area contributed by atoms with Crippen LogP contribution >= 0.6 is 11.6 Å². The number of hydrogen-bond donors (Lipinski definition) is 0. The highest BCUT2D eigenvalue weighted by atomic mass is 35.5. The van der Waals surface area contributed by atoms with Crippen LogP contribution in [0.2, 0.25) is 5.02 Å². The van der Waals surface area contributed by atoms with E-state index in [4.69, 9.17) is 16.3 Å². The first kappa shape index (κ1) is 28.9. The van der Waals surface area contributed by atoms with Gasteiger partial charge in [-0.3, -0.25) is 9.10 Å². The molecule has 11 heteroatoms. The van der Waals surface area contributed by atoms with Gasteiger partial charge in [0.1, 0.15) is 28.9 Å². The second kappa shape index (κ2) is 10.5. The third-order valence-electron chi connectivity index (χ3n) is 6.83. The number of hydrogen-bond acceptors (Lipinski definition) is 4. The number of anilines is 1. The van der Waals surface area contributed by atoms with Gasteiger partial charge in [0.25, 0.3) is 10.0 Å². The molecule has 1 aliphatic heterocycles.